The highest BCUT2D eigenvalue weighted by Crippen LogP contribution is 2.44. The average Bonchev–Trinajstić information content (AvgIpc) is 2.86. The van der Waals surface area contributed by atoms with Crippen molar-refractivity contribution >= 4 is 56.6 Å². The van der Waals surface area contributed by atoms with Gasteiger partial charge in [-0.3, -0.25) is 9.59 Å². The highest BCUT2D eigenvalue weighted by Gasteiger charge is 2.36. The van der Waals surface area contributed by atoms with Crippen molar-refractivity contribution in [3.63, 3.8) is 0 Å². The molecule has 0 radical (unpaired) electrons. The van der Waals surface area contributed by atoms with Crippen molar-refractivity contribution in [2.24, 2.45) is 11.8 Å². The second-order valence-corrected chi connectivity index (χ2v) is 13.8. The normalized spacial score (nSPS) is 19.1. The molecule has 0 bridgehead atoms. The van der Waals surface area contributed by atoms with Crippen LogP contribution in [-0.4, -0.2) is 63.2 Å². The molecule has 0 aromatic heterocycles. The Morgan fingerprint density at radius 1 is 1.00 bits per heavy atom. The van der Waals surface area contributed by atoms with E-state index >= 15 is 0 Å². The molecule has 0 fully saturated rings. The van der Waals surface area contributed by atoms with E-state index in [1.807, 2.05) is 18.2 Å². The minimum atomic E-state index is -3.39. The van der Waals surface area contributed by atoms with Crippen LogP contribution in [0.1, 0.15) is 47.1 Å². The molecule has 0 amide bonds. The Hall–Kier alpha value is -1.94. The number of alkyl halides is 1. The predicted molar refractivity (Wildman–Crippen MR) is 157 cm³/mol. The minimum Gasteiger partial charge on any atom is -0.488 e. The molecule has 224 valence electrons. The molecule has 40 heavy (non-hydrogen) atoms. The molecule has 0 saturated heterocycles. The van der Waals surface area contributed by atoms with Crippen LogP contribution in [0.25, 0.3) is 0 Å². The summed E-state index contributed by atoms with van der Waals surface area (Å²) < 4.78 is 45.9. The number of carbonyl (C=O) groups excluding carboxylic acids is 2. The lowest BCUT2D eigenvalue weighted by molar-refractivity contribution is -0.147. The number of hydrogen-bond donors (Lipinski definition) is 0. The third-order valence-electron chi connectivity index (χ3n) is 6.62. The maximum atomic E-state index is 12.0. The fourth-order valence-electron chi connectivity index (χ4n) is 4.47. The number of rotatable bonds is 14. The Bertz CT molecular complexity index is 1230. The van der Waals surface area contributed by atoms with Gasteiger partial charge in [-0.25, -0.2) is 8.42 Å². The van der Waals surface area contributed by atoms with Crippen molar-refractivity contribution in [3.05, 3.63) is 51.7 Å². The average molecular weight is 640 g/mol. The maximum absolute atomic E-state index is 12.0. The van der Waals surface area contributed by atoms with Crippen LogP contribution in [0.5, 0.6) is 5.75 Å². The molecule has 12 heteroatoms. The van der Waals surface area contributed by atoms with Crippen molar-refractivity contribution < 1.29 is 37.0 Å². The van der Waals surface area contributed by atoms with Crippen molar-refractivity contribution in [2.45, 2.75) is 59.2 Å². The highest BCUT2D eigenvalue weighted by atomic mass is 35.5. The molecule has 0 spiro atoms. The van der Waals surface area contributed by atoms with Crippen molar-refractivity contribution in [3.8, 4) is 5.75 Å². The molecule has 0 N–H and O–H groups in total. The second kappa shape index (κ2) is 14.8. The van der Waals surface area contributed by atoms with Gasteiger partial charge in [-0.1, -0.05) is 63.0 Å². The molecular weight excluding hydrogens is 603 g/mol. The van der Waals surface area contributed by atoms with Crippen LogP contribution in [0, 0.1) is 11.8 Å². The zero-order valence-electron chi connectivity index (χ0n) is 23.5. The van der Waals surface area contributed by atoms with Crippen LogP contribution in [0.15, 0.2) is 41.1 Å². The number of halogens is 3. The Kier molecular flexibility index (Phi) is 12.7. The SMILES string of the molecule is CCS(=O)(=O)C[C@@H](COc1ccc(C(C)(C)C2C=C(Cl)C(OC[C@H](CCl)OC(C)=O)=CC2C)cc1Cl)OC(C)=O. The molecule has 1 aromatic rings. The van der Waals surface area contributed by atoms with E-state index in [1.54, 1.807) is 12.1 Å². The summed E-state index contributed by atoms with van der Waals surface area (Å²) in [6.45, 7) is 10.2. The molecular formula is C28H37Cl3O8S. The van der Waals surface area contributed by atoms with Crippen LogP contribution in [0.4, 0.5) is 0 Å². The molecule has 0 aliphatic heterocycles. The van der Waals surface area contributed by atoms with Crippen molar-refractivity contribution in [1.82, 2.24) is 0 Å². The molecule has 4 atom stereocenters. The van der Waals surface area contributed by atoms with E-state index in [0.29, 0.717) is 21.6 Å². The molecule has 2 rings (SSSR count). The number of ether oxygens (including phenoxy) is 4. The second-order valence-electron chi connectivity index (χ2n) is 10.2. The fraction of sp³-hybridized carbons (Fsp3) is 0.571. The first-order chi connectivity index (χ1) is 18.6. The van der Waals surface area contributed by atoms with Gasteiger partial charge in [-0.05, 0) is 41.0 Å². The first-order valence-electron chi connectivity index (χ1n) is 12.9. The lowest BCUT2D eigenvalue weighted by Gasteiger charge is -2.38. The smallest absolute Gasteiger partial charge is 0.303 e. The van der Waals surface area contributed by atoms with Crippen LogP contribution >= 0.6 is 34.8 Å². The summed E-state index contributed by atoms with van der Waals surface area (Å²) in [5.41, 5.74) is 0.526. The third kappa shape index (κ3) is 9.86. The third-order valence-corrected chi connectivity index (χ3v) is 9.33. The first-order valence-corrected chi connectivity index (χ1v) is 16.0. The number of carbonyl (C=O) groups is 2. The van der Waals surface area contributed by atoms with Gasteiger partial charge in [0.15, 0.2) is 9.84 Å². The number of benzene rings is 1. The quantitative estimate of drug-likeness (QED) is 0.185. The van der Waals surface area contributed by atoms with Crippen LogP contribution < -0.4 is 4.74 Å². The van der Waals surface area contributed by atoms with Crippen LogP contribution in [0.2, 0.25) is 5.02 Å². The van der Waals surface area contributed by atoms with Gasteiger partial charge in [0.25, 0.3) is 0 Å². The van der Waals surface area contributed by atoms with E-state index < -0.39 is 39.4 Å². The van der Waals surface area contributed by atoms with E-state index in [1.165, 1.54) is 20.8 Å². The lowest BCUT2D eigenvalue weighted by Crippen LogP contribution is -2.34. The van der Waals surface area contributed by atoms with Gasteiger partial charge in [0.2, 0.25) is 0 Å². The largest absolute Gasteiger partial charge is 0.488 e. The lowest BCUT2D eigenvalue weighted by atomic mass is 9.67. The van der Waals surface area contributed by atoms with Gasteiger partial charge in [0.1, 0.15) is 36.9 Å². The fourth-order valence-corrected chi connectivity index (χ4v) is 6.08. The summed E-state index contributed by atoms with van der Waals surface area (Å²) >= 11 is 19.0. The molecule has 1 aromatic carbocycles. The van der Waals surface area contributed by atoms with Crippen molar-refractivity contribution in [2.75, 3.05) is 30.6 Å². The molecule has 2 unspecified atom stereocenters. The number of allylic oxidation sites excluding steroid dienone is 3. The summed E-state index contributed by atoms with van der Waals surface area (Å²) in [6.07, 6.45) is 2.34. The Labute approximate surface area is 251 Å². The predicted octanol–water partition coefficient (Wildman–Crippen LogP) is 5.82. The molecule has 0 heterocycles. The zero-order valence-corrected chi connectivity index (χ0v) is 26.6. The Balaban J connectivity index is 2.15. The van der Waals surface area contributed by atoms with E-state index in [-0.39, 0.29) is 42.4 Å². The van der Waals surface area contributed by atoms with Gasteiger partial charge in [0.05, 0.1) is 21.7 Å². The van der Waals surface area contributed by atoms with Crippen LogP contribution in [-0.2, 0) is 39.1 Å². The van der Waals surface area contributed by atoms with Gasteiger partial charge in [-0.15, -0.1) is 11.6 Å². The van der Waals surface area contributed by atoms with E-state index in [4.69, 9.17) is 53.8 Å². The topological polar surface area (TPSA) is 105 Å². The molecule has 0 saturated carbocycles. The van der Waals surface area contributed by atoms with Gasteiger partial charge in [0, 0.05) is 19.6 Å². The van der Waals surface area contributed by atoms with Gasteiger partial charge >= 0.3 is 11.9 Å². The van der Waals surface area contributed by atoms with Gasteiger partial charge < -0.3 is 18.9 Å². The molecule has 8 nitrogen and oxygen atoms in total. The standard InChI is InChI=1S/C28H37Cl3O8S/c1-7-40(34,35)16-22(39-19(4)33)15-36-26-9-8-20(11-24(26)30)28(5,6)23-12-25(31)27(10-17(23)2)37-14-21(13-29)38-18(3)32/h8-12,17,21-23H,7,13-16H2,1-6H3/t17?,21-,22+,23?/m0/s1. The van der Waals surface area contributed by atoms with E-state index in [9.17, 15) is 18.0 Å². The monoisotopic (exact) mass is 638 g/mol. The maximum Gasteiger partial charge on any atom is 0.303 e. The number of hydrogen-bond acceptors (Lipinski definition) is 8. The van der Waals surface area contributed by atoms with E-state index in [0.717, 1.165) is 5.56 Å². The van der Waals surface area contributed by atoms with E-state index in [2.05, 4.69) is 20.8 Å². The summed E-state index contributed by atoms with van der Waals surface area (Å²) in [5, 5.41) is 0.776. The summed E-state index contributed by atoms with van der Waals surface area (Å²) in [5.74, 6) is -0.480. The Morgan fingerprint density at radius 3 is 2.15 bits per heavy atom. The highest BCUT2D eigenvalue weighted by molar-refractivity contribution is 7.91. The van der Waals surface area contributed by atoms with Crippen LogP contribution in [0.3, 0.4) is 0 Å². The van der Waals surface area contributed by atoms with Gasteiger partial charge in [-0.2, -0.15) is 0 Å². The summed E-state index contributed by atoms with van der Waals surface area (Å²) in [4.78, 5) is 22.7. The number of esters is 2. The first kappa shape index (κ1) is 34.3. The summed E-state index contributed by atoms with van der Waals surface area (Å²) in [6, 6.07) is 5.40. The molecule has 1 aliphatic carbocycles. The number of sulfone groups is 1. The Morgan fingerprint density at radius 2 is 1.60 bits per heavy atom. The zero-order chi connectivity index (χ0) is 30.3. The molecule has 1 aliphatic rings. The minimum absolute atomic E-state index is 0.0138. The summed E-state index contributed by atoms with van der Waals surface area (Å²) in [7, 11) is -3.39. The van der Waals surface area contributed by atoms with Crippen molar-refractivity contribution in [1.29, 1.82) is 0 Å².